The lowest BCUT2D eigenvalue weighted by atomic mass is 10.3. The minimum absolute atomic E-state index is 0.0211. The molecule has 0 aromatic carbocycles. The van der Waals surface area contributed by atoms with E-state index in [1.807, 2.05) is 0 Å². The van der Waals surface area contributed by atoms with Gasteiger partial charge in [-0.3, -0.25) is 0 Å². The maximum atomic E-state index is 11.5. The fourth-order valence-corrected chi connectivity index (χ4v) is 0.976. The Kier molecular flexibility index (Phi) is 3.87. The second kappa shape index (κ2) is 5.15. The molecule has 1 aromatic rings. The summed E-state index contributed by atoms with van der Waals surface area (Å²) < 4.78 is 18.4. The molecule has 1 heterocycles. The monoisotopic (exact) mass is 229 g/mol. The van der Waals surface area contributed by atoms with E-state index in [0.29, 0.717) is 0 Å². The summed E-state index contributed by atoms with van der Waals surface area (Å²) in [7, 11) is 1.14. The van der Waals surface area contributed by atoms with E-state index < -0.39 is 12.1 Å². The summed E-state index contributed by atoms with van der Waals surface area (Å²) in [5.41, 5.74) is -0.0211. The molecule has 16 heavy (non-hydrogen) atoms. The van der Waals surface area contributed by atoms with Crippen molar-refractivity contribution in [2.45, 2.75) is 13.8 Å². The first kappa shape index (κ1) is 12.0. The molecule has 7 nitrogen and oxygen atoms in total. The van der Waals surface area contributed by atoms with Gasteiger partial charge in [0.15, 0.2) is 11.3 Å². The fraction of sp³-hybridized carbons (Fsp3) is 0.444. The smallest absolute Gasteiger partial charge is 0.462 e. The Morgan fingerprint density at radius 2 is 2.12 bits per heavy atom. The zero-order valence-electron chi connectivity index (χ0n) is 9.10. The minimum atomic E-state index is -0.987. The van der Waals surface area contributed by atoms with E-state index >= 15 is 0 Å². The number of methoxy groups -OCH3 is 1. The number of hydrogen-bond acceptors (Lipinski definition) is 7. The average molecular weight is 229 g/mol. The molecular weight excluding hydrogens is 218 g/mol. The first-order valence-electron chi connectivity index (χ1n) is 4.49. The van der Waals surface area contributed by atoms with Gasteiger partial charge in [0.25, 0.3) is 5.88 Å². The Morgan fingerprint density at radius 3 is 2.69 bits per heavy atom. The molecule has 0 atom stereocenters. The summed E-state index contributed by atoms with van der Waals surface area (Å²) in [5.74, 6) is -0.722. The van der Waals surface area contributed by atoms with Crippen molar-refractivity contribution >= 4 is 12.1 Å². The lowest BCUT2D eigenvalue weighted by Gasteiger charge is -2.02. The molecule has 1 aromatic heterocycles. The topological polar surface area (TPSA) is 87.9 Å². The summed E-state index contributed by atoms with van der Waals surface area (Å²) in [6, 6.07) is 0. The van der Waals surface area contributed by atoms with Gasteiger partial charge in [-0.2, -0.15) is 0 Å². The number of esters is 1. The molecule has 0 fully saturated rings. The van der Waals surface area contributed by atoms with E-state index in [-0.39, 0.29) is 23.8 Å². The predicted octanol–water partition coefficient (Wildman–Crippen LogP) is 1.30. The molecule has 0 aliphatic heterocycles. The highest BCUT2D eigenvalue weighted by Gasteiger charge is 2.25. The van der Waals surface area contributed by atoms with Crippen LogP contribution in [-0.4, -0.2) is 31.0 Å². The molecule has 0 N–H and O–H groups in total. The third-order valence-electron chi connectivity index (χ3n) is 1.66. The molecule has 0 amide bonds. The molecule has 0 unspecified atom stereocenters. The summed E-state index contributed by atoms with van der Waals surface area (Å²) in [4.78, 5) is 22.3. The molecular formula is C9H11NO6. The SMILES string of the molecule is CCOC(=O)c1c(OC(=O)OC)noc1C. The largest absolute Gasteiger partial charge is 0.515 e. The third kappa shape index (κ3) is 2.50. The van der Waals surface area contributed by atoms with Gasteiger partial charge in [-0.05, 0) is 19.0 Å². The Hall–Kier alpha value is -2.05. The molecule has 0 saturated heterocycles. The van der Waals surface area contributed by atoms with Crippen LogP contribution in [0, 0.1) is 6.92 Å². The van der Waals surface area contributed by atoms with Gasteiger partial charge in [0.2, 0.25) is 0 Å². The van der Waals surface area contributed by atoms with Crippen molar-refractivity contribution in [1.29, 1.82) is 0 Å². The van der Waals surface area contributed by atoms with Gasteiger partial charge in [-0.1, -0.05) is 0 Å². The van der Waals surface area contributed by atoms with Gasteiger partial charge in [-0.25, -0.2) is 9.59 Å². The third-order valence-corrected chi connectivity index (χ3v) is 1.66. The van der Waals surface area contributed by atoms with Crippen LogP contribution in [0.15, 0.2) is 4.52 Å². The van der Waals surface area contributed by atoms with Crippen LogP contribution in [0.1, 0.15) is 23.0 Å². The van der Waals surface area contributed by atoms with Crippen LogP contribution in [0.3, 0.4) is 0 Å². The summed E-state index contributed by atoms with van der Waals surface area (Å²) in [5, 5.41) is 3.41. The zero-order chi connectivity index (χ0) is 12.1. The molecule has 0 radical (unpaired) electrons. The van der Waals surface area contributed by atoms with E-state index in [2.05, 4.69) is 14.6 Å². The summed E-state index contributed by atoms with van der Waals surface area (Å²) in [6.07, 6.45) is -0.987. The van der Waals surface area contributed by atoms with Crippen LogP contribution >= 0.6 is 0 Å². The maximum absolute atomic E-state index is 11.5. The van der Waals surface area contributed by atoms with Crippen molar-refractivity contribution < 1.29 is 28.3 Å². The van der Waals surface area contributed by atoms with E-state index in [9.17, 15) is 9.59 Å². The standard InChI is InChI=1S/C9H11NO6/c1-4-14-8(11)6-5(2)16-10-7(6)15-9(12)13-3/h4H2,1-3H3. The Bertz CT molecular complexity index is 397. The number of aromatic nitrogens is 1. The quantitative estimate of drug-likeness (QED) is 0.722. The van der Waals surface area contributed by atoms with Crippen LogP contribution in [0.25, 0.3) is 0 Å². The van der Waals surface area contributed by atoms with Crippen molar-refractivity contribution in [3.05, 3.63) is 11.3 Å². The Labute approximate surface area is 91.3 Å². The predicted molar refractivity (Wildman–Crippen MR) is 50.2 cm³/mol. The van der Waals surface area contributed by atoms with Gasteiger partial charge >= 0.3 is 12.1 Å². The van der Waals surface area contributed by atoms with Crippen LogP contribution in [0.5, 0.6) is 5.88 Å². The highest BCUT2D eigenvalue weighted by atomic mass is 16.7. The van der Waals surface area contributed by atoms with Crippen LogP contribution in [0.4, 0.5) is 4.79 Å². The average Bonchev–Trinajstić information content (AvgIpc) is 2.60. The van der Waals surface area contributed by atoms with Gasteiger partial charge in [0.1, 0.15) is 0 Å². The highest BCUT2D eigenvalue weighted by molar-refractivity contribution is 5.93. The lowest BCUT2D eigenvalue weighted by Crippen LogP contribution is -2.12. The summed E-state index contributed by atoms with van der Waals surface area (Å²) >= 11 is 0. The molecule has 88 valence electrons. The number of ether oxygens (including phenoxy) is 3. The minimum Gasteiger partial charge on any atom is -0.462 e. The number of aryl methyl sites for hydroxylation is 1. The molecule has 1 rings (SSSR count). The van der Waals surface area contributed by atoms with Crippen molar-refractivity contribution in [2.75, 3.05) is 13.7 Å². The lowest BCUT2D eigenvalue weighted by molar-refractivity contribution is 0.0520. The number of carbonyl (C=O) groups is 2. The van der Waals surface area contributed by atoms with Gasteiger partial charge < -0.3 is 18.7 Å². The Morgan fingerprint density at radius 1 is 1.44 bits per heavy atom. The Balaban J connectivity index is 2.93. The maximum Gasteiger partial charge on any atom is 0.515 e. The zero-order valence-corrected chi connectivity index (χ0v) is 9.10. The molecule has 0 aliphatic carbocycles. The van der Waals surface area contributed by atoms with Crippen molar-refractivity contribution in [2.24, 2.45) is 0 Å². The fourth-order valence-electron chi connectivity index (χ4n) is 0.976. The van der Waals surface area contributed by atoms with E-state index in [0.717, 1.165) is 7.11 Å². The molecule has 7 heteroatoms. The molecule has 0 aliphatic rings. The number of carbonyl (C=O) groups excluding carboxylic acids is 2. The molecule has 0 bridgehead atoms. The van der Waals surface area contributed by atoms with Crippen molar-refractivity contribution in [3.8, 4) is 5.88 Å². The highest BCUT2D eigenvalue weighted by Crippen LogP contribution is 2.22. The number of nitrogens with zero attached hydrogens (tertiary/aromatic N) is 1. The summed E-state index contributed by atoms with van der Waals surface area (Å²) in [6.45, 7) is 3.35. The number of rotatable bonds is 3. The van der Waals surface area contributed by atoms with Gasteiger partial charge in [0, 0.05) is 0 Å². The van der Waals surface area contributed by atoms with Gasteiger partial charge in [0.05, 0.1) is 13.7 Å². The van der Waals surface area contributed by atoms with Crippen molar-refractivity contribution in [3.63, 3.8) is 0 Å². The second-order valence-corrected chi connectivity index (χ2v) is 2.70. The van der Waals surface area contributed by atoms with E-state index in [1.54, 1.807) is 6.92 Å². The second-order valence-electron chi connectivity index (χ2n) is 2.70. The first-order chi connectivity index (χ1) is 7.60. The molecule has 0 spiro atoms. The van der Waals surface area contributed by atoms with Crippen LogP contribution in [0.2, 0.25) is 0 Å². The first-order valence-corrected chi connectivity index (χ1v) is 4.49. The van der Waals surface area contributed by atoms with Crippen molar-refractivity contribution in [1.82, 2.24) is 5.16 Å². The van der Waals surface area contributed by atoms with Crippen LogP contribution in [-0.2, 0) is 9.47 Å². The van der Waals surface area contributed by atoms with Crippen LogP contribution < -0.4 is 4.74 Å². The molecule has 0 saturated carbocycles. The number of hydrogen-bond donors (Lipinski definition) is 0. The van der Waals surface area contributed by atoms with Gasteiger partial charge in [-0.15, -0.1) is 0 Å². The van der Waals surface area contributed by atoms with E-state index in [4.69, 9.17) is 9.26 Å². The van der Waals surface area contributed by atoms with E-state index in [1.165, 1.54) is 6.92 Å². The normalized spacial score (nSPS) is 9.69.